The molecule has 0 rings (SSSR count). The van der Waals surface area contributed by atoms with Crippen molar-refractivity contribution in [3.05, 3.63) is 10.5 Å². The molecule has 0 amide bonds. The molecule has 0 bridgehead atoms. The van der Waals surface area contributed by atoms with E-state index in [1.54, 1.807) is 0 Å². The predicted octanol–water partition coefficient (Wildman–Crippen LogP) is 2.87. The number of hydrogen-bond donors (Lipinski definition) is 1. The highest BCUT2D eigenvalue weighted by molar-refractivity contribution is 7.84. The number of hydrogen-bond acceptors (Lipinski definition) is 1. The Morgan fingerprint density at radius 2 is 1.62 bits per heavy atom. The number of allylic oxidation sites excluding steroid dienone is 2. The van der Waals surface area contributed by atoms with Gasteiger partial charge in [0, 0.05) is 0 Å². The van der Waals surface area contributed by atoms with Gasteiger partial charge in [0.2, 0.25) is 0 Å². The van der Waals surface area contributed by atoms with Crippen LogP contribution in [0.15, 0.2) is 10.5 Å². The van der Waals surface area contributed by atoms with Gasteiger partial charge in [-0.3, -0.25) is 0 Å². The molecule has 0 heterocycles. The topological polar surface area (TPSA) is 0 Å². The van der Waals surface area contributed by atoms with Crippen LogP contribution in [0.1, 0.15) is 27.7 Å². The fourth-order valence-electron chi connectivity index (χ4n) is 0.418. The first-order chi connectivity index (χ1) is 3.55. The summed E-state index contributed by atoms with van der Waals surface area (Å²) in [6.45, 7) is 8.50. The Morgan fingerprint density at radius 3 is 1.62 bits per heavy atom. The Labute approximate surface area is 57.4 Å². The minimum atomic E-state index is 0.646. The molecular weight excluding hydrogens is 116 g/mol. The van der Waals surface area contributed by atoms with Crippen molar-refractivity contribution < 1.29 is 0 Å². The van der Waals surface area contributed by atoms with E-state index in [1.807, 2.05) is 6.92 Å². The highest BCUT2D eigenvalue weighted by atomic mass is 32.1. The third-order valence-electron chi connectivity index (χ3n) is 1.44. The molecule has 0 aliphatic rings. The van der Waals surface area contributed by atoms with Crippen LogP contribution in [0.25, 0.3) is 0 Å². The molecule has 0 saturated heterocycles. The molecule has 0 radical (unpaired) electrons. The first-order valence-electron chi connectivity index (χ1n) is 2.92. The van der Waals surface area contributed by atoms with Gasteiger partial charge in [-0.25, -0.2) is 0 Å². The van der Waals surface area contributed by atoms with Crippen molar-refractivity contribution in [2.75, 3.05) is 0 Å². The number of thiol groups is 1. The summed E-state index contributed by atoms with van der Waals surface area (Å²) in [5.74, 6) is 0.646. The summed E-state index contributed by atoms with van der Waals surface area (Å²) in [6.07, 6.45) is 0. The third-order valence-corrected chi connectivity index (χ3v) is 1.79. The minimum Gasteiger partial charge on any atom is -0.148 e. The van der Waals surface area contributed by atoms with Crippen LogP contribution in [0.4, 0.5) is 0 Å². The molecule has 0 fully saturated rings. The Balaban J connectivity index is 4.00. The first kappa shape index (κ1) is 8.09. The van der Waals surface area contributed by atoms with Crippen LogP contribution in [0.5, 0.6) is 0 Å². The van der Waals surface area contributed by atoms with E-state index in [1.165, 1.54) is 5.57 Å². The normalized spacial score (nSPS) is 14.2. The van der Waals surface area contributed by atoms with E-state index in [-0.39, 0.29) is 0 Å². The van der Waals surface area contributed by atoms with Gasteiger partial charge in [0.25, 0.3) is 0 Å². The van der Waals surface area contributed by atoms with Crippen molar-refractivity contribution in [1.82, 2.24) is 0 Å². The smallest absolute Gasteiger partial charge is 0.0223 e. The van der Waals surface area contributed by atoms with E-state index < -0.39 is 0 Å². The molecular formula is C7H14S. The lowest BCUT2D eigenvalue weighted by Crippen LogP contribution is -1.88. The fourth-order valence-corrected chi connectivity index (χ4v) is 0.676. The van der Waals surface area contributed by atoms with Gasteiger partial charge in [-0.1, -0.05) is 19.4 Å². The molecule has 0 atom stereocenters. The fraction of sp³-hybridized carbons (Fsp3) is 0.714. The molecule has 0 nitrogen and oxygen atoms in total. The Kier molecular flexibility index (Phi) is 3.22. The van der Waals surface area contributed by atoms with Gasteiger partial charge in [-0.2, -0.15) is 0 Å². The Hall–Kier alpha value is 0.0900. The van der Waals surface area contributed by atoms with Crippen molar-refractivity contribution in [3.8, 4) is 0 Å². The quantitative estimate of drug-likeness (QED) is 0.518. The summed E-state index contributed by atoms with van der Waals surface area (Å²) in [6, 6.07) is 0. The molecule has 1 heteroatoms. The van der Waals surface area contributed by atoms with E-state index >= 15 is 0 Å². The third kappa shape index (κ3) is 2.41. The Morgan fingerprint density at radius 1 is 1.25 bits per heavy atom. The van der Waals surface area contributed by atoms with Gasteiger partial charge in [0.05, 0.1) is 0 Å². The van der Waals surface area contributed by atoms with Gasteiger partial charge < -0.3 is 0 Å². The maximum Gasteiger partial charge on any atom is -0.0223 e. The molecule has 8 heavy (non-hydrogen) atoms. The minimum absolute atomic E-state index is 0.646. The van der Waals surface area contributed by atoms with Gasteiger partial charge in [-0.05, 0) is 24.7 Å². The molecule has 48 valence electrons. The monoisotopic (exact) mass is 130 g/mol. The largest absolute Gasteiger partial charge is 0.148 e. The molecule has 0 aliphatic carbocycles. The molecule has 0 unspecified atom stereocenters. The molecule has 0 aromatic rings. The van der Waals surface area contributed by atoms with Gasteiger partial charge in [-0.15, -0.1) is 12.6 Å². The summed E-state index contributed by atoms with van der Waals surface area (Å²) in [5, 5.41) is 0. The summed E-state index contributed by atoms with van der Waals surface area (Å²) < 4.78 is 0. The summed E-state index contributed by atoms with van der Waals surface area (Å²) in [5.41, 5.74) is 1.38. The van der Waals surface area contributed by atoms with Gasteiger partial charge >= 0.3 is 0 Å². The maximum absolute atomic E-state index is 4.21. The molecule has 0 aliphatic heterocycles. The lowest BCUT2D eigenvalue weighted by atomic mass is 10.1. The zero-order valence-electron chi connectivity index (χ0n) is 6.02. The van der Waals surface area contributed by atoms with Crippen molar-refractivity contribution in [2.24, 2.45) is 5.92 Å². The van der Waals surface area contributed by atoms with Gasteiger partial charge in [0.15, 0.2) is 0 Å². The number of rotatable bonds is 1. The summed E-state index contributed by atoms with van der Waals surface area (Å²) >= 11 is 4.21. The summed E-state index contributed by atoms with van der Waals surface area (Å²) in [7, 11) is 0. The molecule has 0 spiro atoms. The standard InChI is InChI=1S/C7H14S/c1-5(2)6(3)7(4)8/h5,8H,1-4H3/b7-6-. The SMILES string of the molecule is C/C(S)=C(\C)C(C)C. The zero-order chi connectivity index (χ0) is 6.73. The van der Waals surface area contributed by atoms with E-state index in [0.717, 1.165) is 4.91 Å². The van der Waals surface area contributed by atoms with Crippen LogP contribution in [-0.2, 0) is 0 Å². The van der Waals surface area contributed by atoms with Crippen molar-refractivity contribution in [1.29, 1.82) is 0 Å². The van der Waals surface area contributed by atoms with Crippen molar-refractivity contribution in [3.63, 3.8) is 0 Å². The van der Waals surface area contributed by atoms with Crippen molar-refractivity contribution in [2.45, 2.75) is 27.7 Å². The molecule has 0 aromatic carbocycles. The first-order valence-corrected chi connectivity index (χ1v) is 3.36. The second-order valence-electron chi connectivity index (χ2n) is 2.42. The van der Waals surface area contributed by atoms with Crippen LogP contribution in [-0.4, -0.2) is 0 Å². The van der Waals surface area contributed by atoms with Crippen LogP contribution in [0, 0.1) is 5.92 Å². The Bertz CT molecular complexity index is 97.0. The van der Waals surface area contributed by atoms with Crippen LogP contribution >= 0.6 is 12.6 Å². The maximum atomic E-state index is 4.21. The molecule has 0 N–H and O–H groups in total. The van der Waals surface area contributed by atoms with E-state index in [9.17, 15) is 0 Å². The summed E-state index contributed by atoms with van der Waals surface area (Å²) in [4.78, 5) is 1.15. The highest BCUT2D eigenvalue weighted by Crippen LogP contribution is 2.15. The molecule has 0 saturated carbocycles. The van der Waals surface area contributed by atoms with E-state index in [4.69, 9.17) is 0 Å². The average molecular weight is 130 g/mol. The van der Waals surface area contributed by atoms with Gasteiger partial charge in [0.1, 0.15) is 0 Å². The lowest BCUT2D eigenvalue weighted by Gasteiger charge is -2.05. The van der Waals surface area contributed by atoms with E-state index in [0.29, 0.717) is 5.92 Å². The van der Waals surface area contributed by atoms with Crippen molar-refractivity contribution >= 4 is 12.6 Å². The predicted molar refractivity (Wildman–Crippen MR) is 42.2 cm³/mol. The zero-order valence-corrected chi connectivity index (χ0v) is 6.92. The second kappa shape index (κ2) is 3.18. The highest BCUT2D eigenvalue weighted by Gasteiger charge is 1.96. The van der Waals surface area contributed by atoms with E-state index in [2.05, 4.69) is 33.4 Å². The lowest BCUT2D eigenvalue weighted by molar-refractivity contribution is 0.765. The van der Waals surface area contributed by atoms with Crippen LogP contribution in [0.2, 0.25) is 0 Å². The molecule has 0 aromatic heterocycles. The average Bonchev–Trinajstić information content (AvgIpc) is 1.64. The second-order valence-corrected chi connectivity index (χ2v) is 3.09. The van der Waals surface area contributed by atoms with Crippen LogP contribution in [0.3, 0.4) is 0 Å². The van der Waals surface area contributed by atoms with Crippen LogP contribution < -0.4 is 0 Å².